The first-order chi connectivity index (χ1) is 11.7. The van der Waals surface area contributed by atoms with Crippen molar-refractivity contribution < 1.29 is 17.5 Å². The van der Waals surface area contributed by atoms with E-state index in [9.17, 15) is 12.8 Å². The van der Waals surface area contributed by atoms with Crippen LogP contribution in [0.4, 0.5) is 10.1 Å². The van der Waals surface area contributed by atoms with E-state index in [-0.39, 0.29) is 37.9 Å². The van der Waals surface area contributed by atoms with Crippen molar-refractivity contribution in [3.8, 4) is 5.75 Å². The molecule has 0 saturated heterocycles. The number of hydrogen-bond acceptors (Lipinski definition) is 3. The van der Waals surface area contributed by atoms with Crippen molar-refractivity contribution in [3.63, 3.8) is 0 Å². The maximum atomic E-state index is 13.4. The van der Waals surface area contributed by atoms with Gasteiger partial charge in [-0.3, -0.25) is 4.31 Å². The van der Waals surface area contributed by atoms with Gasteiger partial charge in [0.05, 0.1) is 29.4 Å². The molecule has 0 atom stereocenters. The zero-order chi connectivity index (χ0) is 18.8. The average molecular weight is 425 g/mol. The van der Waals surface area contributed by atoms with Gasteiger partial charge in [0.2, 0.25) is 0 Å². The predicted molar refractivity (Wildman–Crippen MR) is 99.2 cm³/mol. The molecule has 0 aliphatic heterocycles. The molecule has 0 aromatic heterocycles. The van der Waals surface area contributed by atoms with Crippen LogP contribution in [0.25, 0.3) is 0 Å². The van der Waals surface area contributed by atoms with Gasteiger partial charge in [0.1, 0.15) is 21.5 Å². The van der Waals surface area contributed by atoms with Crippen molar-refractivity contribution >= 4 is 50.5 Å². The van der Waals surface area contributed by atoms with Crippen molar-refractivity contribution in [3.05, 3.63) is 63.9 Å². The summed E-state index contributed by atoms with van der Waals surface area (Å²) in [5.41, 5.74) is 0.161. The lowest BCUT2D eigenvalue weighted by molar-refractivity contribution is 0.414. The van der Waals surface area contributed by atoms with Gasteiger partial charge >= 0.3 is 0 Å². The molecular formula is C16H13Cl3FNO3S. The number of benzene rings is 2. The summed E-state index contributed by atoms with van der Waals surface area (Å²) in [5.74, 6) is -0.419. The maximum absolute atomic E-state index is 13.4. The van der Waals surface area contributed by atoms with Crippen molar-refractivity contribution in [2.75, 3.05) is 18.0 Å². The van der Waals surface area contributed by atoms with Crippen molar-refractivity contribution in [1.82, 2.24) is 0 Å². The van der Waals surface area contributed by atoms with E-state index in [0.717, 1.165) is 10.4 Å². The third-order valence-corrected chi connectivity index (χ3v) is 6.39. The topological polar surface area (TPSA) is 46.6 Å². The lowest BCUT2D eigenvalue weighted by Crippen LogP contribution is -2.31. The number of hydrogen-bond donors (Lipinski definition) is 0. The van der Waals surface area contributed by atoms with Crippen LogP contribution in [-0.4, -0.2) is 22.1 Å². The summed E-state index contributed by atoms with van der Waals surface area (Å²) in [6, 6.07) is 6.25. The van der Waals surface area contributed by atoms with E-state index in [1.54, 1.807) is 0 Å². The normalized spacial score (nSPS) is 11.2. The van der Waals surface area contributed by atoms with E-state index >= 15 is 0 Å². The van der Waals surface area contributed by atoms with Crippen LogP contribution in [0.15, 0.2) is 47.9 Å². The Bertz CT molecular complexity index is 919. The largest absolute Gasteiger partial charge is 0.495 e. The summed E-state index contributed by atoms with van der Waals surface area (Å²) in [7, 11) is -2.73. The Morgan fingerprint density at radius 3 is 2.44 bits per heavy atom. The van der Waals surface area contributed by atoms with Crippen LogP contribution in [0.1, 0.15) is 0 Å². The number of methoxy groups -OCH3 is 1. The number of halogens is 4. The fourth-order valence-corrected chi connectivity index (χ4v) is 4.51. The number of anilines is 1. The van der Waals surface area contributed by atoms with E-state index in [2.05, 4.69) is 6.58 Å². The third-order valence-electron chi connectivity index (χ3n) is 3.29. The first-order valence-corrected chi connectivity index (χ1v) is 9.42. The standard InChI is InChI=1S/C16H13Cl3FNO3S/c1-3-8-21(10-4-5-12(20)11(17)9-10)25(22,23)14-7-6-13(24-2)15(18)16(14)19/h3-7,9H,1,8H2,2H3. The fraction of sp³-hybridized carbons (Fsp3) is 0.125. The summed E-state index contributed by atoms with van der Waals surface area (Å²) in [5, 5.41) is -0.412. The molecule has 0 amide bonds. The molecule has 25 heavy (non-hydrogen) atoms. The third kappa shape index (κ3) is 3.87. The SMILES string of the molecule is C=CCN(c1ccc(F)c(Cl)c1)S(=O)(=O)c1ccc(OC)c(Cl)c1Cl. The van der Waals surface area contributed by atoms with Crippen LogP contribution < -0.4 is 9.04 Å². The molecule has 0 heterocycles. The first-order valence-electron chi connectivity index (χ1n) is 6.84. The molecule has 0 fully saturated rings. The van der Waals surface area contributed by atoms with Crippen molar-refractivity contribution in [1.29, 1.82) is 0 Å². The molecule has 0 radical (unpaired) electrons. The molecule has 4 nitrogen and oxygen atoms in total. The molecule has 0 aliphatic carbocycles. The monoisotopic (exact) mass is 423 g/mol. The molecule has 2 aromatic rings. The first kappa shape index (κ1) is 19.8. The molecule has 134 valence electrons. The van der Waals surface area contributed by atoms with Crippen molar-refractivity contribution in [2.24, 2.45) is 0 Å². The average Bonchev–Trinajstić information content (AvgIpc) is 2.57. The Morgan fingerprint density at radius 2 is 1.88 bits per heavy atom. The number of rotatable bonds is 6. The van der Waals surface area contributed by atoms with Crippen LogP contribution in [0.5, 0.6) is 5.75 Å². The summed E-state index contributed by atoms with van der Waals surface area (Å²) in [6.45, 7) is 3.47. The van der Waals surface area contributed by atoms with Gasteiger partial charge in [-0.05, 0) is 30.3 Å². The maximum Gasteiger partial charge on any atom is 0.266 e. The summed E-state index contributed by atoms with van der Waals surface area (Å²) in [6.07, 6.45) is 1.38. The van der Waals surface area contributed by atoms with Crippen LogP contribution in [-0.2, 0) is 10.0 Å². The molecule has 0 unspecified atom stereocenters. The highest BCUT2D eigenvalue weighted by Gasteiger charge is 2.29. The number of sulfonamides is 1. The van der Waals surface area contributed by atoms with E-state index in [1.807, 2.05) is 0 Å². The molecule has 2 rings (SSSR count). The lowest BCUT2D eigenvalue weighted by atomic mass is 10.3. The zero-order valence-corrected chi connectivity index (χ0v) is 16.1. The van der Waals surface area contributed by atoms with Crippen LogP contribution >= 0.6 is 34.8 Å². The molecule has 2 aromatic carbocycles. The van der Waals surface area contributed by atoms with Gasteiger partial charge in [0.15, 0.2) is 0 Å². The van der Waals surface area contributed by atoms with E-state index < -0.39 is 15.8 Å². The van der Waals surface area contributed by atoms with E-state index in [4.69, 9.17) is 39.5 Å². The van der Waals surface area contributed by atoms with Crippen LogP contribution in [0, 0.1) is 5.82 Å². The zero-order valence-electron chi connectivity index (χ0n) is 13.0. The second-order valence-corrected chi connectivity index (χ2v) is 7.81. The van der Waals surface area contributed by atoms with E-state index in [1.165, 1.54) is 37.5 Å². The highest BCUT2D eigenvalue weighted by atomic mass is 35.5. The molecule has 0 N–H and O–H groups in total. The highest BCUT2D eigenvalue weighted by molar-refractivity contribution is 7.93. The molecule has 0 bridgehead atoms. The molecule has 9 heteroatoms. The molecule has 0 aliphatic rings. The van der Waals surface area contributed by atoms with Gasteiger partial charge < -0.3 is 4.74 Å². The minimum absolute atomic E-state index is 0.0269. The Kier molecular flexibility index (Phi) is 6.21. The lowest BCUT2D eigenvalue weighted by Gasteiger charge is -2.24. The minimum atomic E-state index is -4.11. The minimum Gasteiger partial charge on any atom is -0.495 e. The molecule has 0 spiro atoms. The van der Waals surface area contributed by atoms with Gasteiger partial charge in [-0.1, -0.05) is 40.9 Å². The van der Waals surface area contributed by atoms with Gasteiger partial charge in [-0.2, -0.15) is 0 Å². The molecule has 0 saturated carbocycles. The Balaban J connectivity index is 2.62. The number of nitrogens with zero attached hydrogens (tertiary/aromatic N) is 1. The Morgan fingerprint density at radius 1 is 1.20 bits per heavy atom. The van der Waals surface area contributed by atoms with Crippen LogP contribution in [0.2, 0.25) is 15.1 Å². The second-order valence-electron chi connectivity index (χ2n) is 4.82. The Labute approximate surface area is 160 Å². The van der Waals surface area contributed by atoms with Gasteiger partial charge in [-0.15, -0.1) is 6.58 Å². The molecular weight excluding hydrogens is 412 g/mol. The van der Waals surface area contributed by atoms with E-state index in [0.29, 0.717) is 0 Å². The summed E-state index contributed by atoms with van der Waals surface area (Å²) in [4.78, 5) is -0.220. The van der Waals surface area contributed by atoms with Gasteiger partial charge in [0, 0.05) is 0 Å². The van der Waals surface area contributed by atoms with Crippen molar-refractivity contribution in [2.45, 2.75) is 4.90 Å². The predicted octanol–water partition coefficient (Wildman–Crippen LogP) is 5.18. The fourth-order valence-electron chi connectivity index (χ4n) is 2.09. The highest BCUT2D eigenvalue weighted by Crippen LogP contribution is 2.38. The van der Waals surface area contributed by atoms with Crippen LogP contribution in [0.3, 0.4) is 0 Å². The quantitative estimate of drug-likeness (QED) is 0.601. The van der Waals surface area contributed by atoms with Gasteiger partial charge in [0.25, 0.3) is 10.0 Å². The Hall–Kier alpha value is -1.47. The number of ether oxygens (including phenoxy) is 1. The second kappa shape index (κ2) is 7.83. The smallest absolute Gasteiger partial charge is 0.266 e. The van der Waals surface area contributed by atoms with Gasteiger partial charge in [-0.25, -0.2) is 12.8 Å². The summed E-state index contributed by atoms with van der Waals surface area (Å²) >= 11 is 17.9. The summed E-state index contributed by atoms with van der Waals surface area (Å²) < 4.78 is 45.5.